The normalized spacial score (nSPS) is 26.8. The van der Waals surface area contributed by atoms with Crippen molar-refractivity contribution in [3.8, 4) is 0 Å². The van der Waals surface area contributed by atoms with Crippen molar-refractivity contribution in [2.45, 2.75) is 18.6 Å². The van der Waals surface area contributed by atoms with Crippen LogP contribution in [0, 0.1) is 0 Å². The van der Waals surface area contributed by atoms with Gasteiger partial charge in [-0.2, -0.15) is 0 Å². The molecule has 0 bridgehead atoms. The topological polar surface area (TPSA) is 57.6 Å². The first-order valence-electron chi connectivity index (χ1n) is 5.52. The molecule has 1 aromatic carbocycles. The smallest absolute Gasteiger partial charge is 0.262 e. The molecule has 1 aliphatic carbocycles. The van der Waals surface area contributed by atoms with Gasteiger partial charge in [-0.1, -0.05) is 24.3 Å². The first-order valence-corrected chi connectivity index (χ1v) is 5.52. The van der Waals surface area contributed by atoms with E-state index in [2.05, 4.69) is 0 Å². The molecule has 1 aliphatic heterocycles. The van der Waals surface area contributed by atoms with E-state index < -0.39 is 12.1 Å². The van der Waals surface area contributed by atoms with Crippen molar-refractivity contribution >= 4 is 11.8 Å². The molecule has 1 aromatic rings. The molecule has 4 heteroatoms. The Morgan fingerprint density at radius 2 is 1.71 bits per heavy atom. The monoisotopic (exact) mass is 229 g/mol. The van der Waals surface area contributed by atoms with E-state index in [0.717, 1.165) is 4.90 Å². The van der Waals surface area contributed by atoms with E-state index in [1.165, 1.54) is 0 Å². The SMILES string of the molecule is O=C1c2ccccc2C(=O)N1C1C=CCC1O. The van der Waals surface area contributed by atoms with E-state index >= 15 is 0 Å². The van der Waals surface area contributed by atoms with Crippen LogP contribution in [0.4, 0.5) is 0 Å². The minimum atomic E-state index is -0.683. The van der Waals surface area contributed by atoms with Crippen molar-refractivity contribution in [3.63, 3.8) is 0 Å². The molecule has 1 heterocycles. The highest BCUT2D eigenvalue weighted by atomic mass is 16.3. The summed E-state index contributed by atoms with van der Waals surface area (Å²) in [7, 11) is 0. The van der Waals surface area contributed by atoms with Gasteiger partial charge in [-0.25, -0.2) is 0 Å². The third kappa shape index (κ3) is 1.34. The van der Waals surface area contributed by atoms with Gasteiger partial charge < -0.3 is 5.11 Å². The van der Waals surface area contributed by atoms with Crippen LogP contribution in [-0.2, 0) is 0 Å². The number of aliphatic hydroxyl groups excluding tert-OH is 1. The number of nitrogens with zero attached hydrogens (tertiary/aromatic N) is 1. The zero-order chi connectivity index (χ0) is 12.0. The summed E-state index contributed by atoms with van der Waals surface area (Å²) in [5, 5.41) is 9.76. The summed E-state index contributed by atoms with van der Waals surface area (Å²) in [4.78, 5) is 25.4. The van der Waals surface area contributed by atoms with Crippen molar-refractivity contribution in [3.05, 3.63) is 47.5 Å². The summed E-state index contributed by atoms with van der Waals surface area (Å²) in [6.07, 6.45) is 3.31. The molecule has 2 amide bonds. The highest BCUT2D eigenvalue weighted by Gasteiger charge is 2.42. The molecule has 0 radical (unpaired) electrons. The van der Waals surface area contributed by atoms with E-state index in [9.17, 15) is 14.7 Å². The Labute approximate surface area is 98.2 Å². The fourth-order valence-corrected chi connectivity index (χ4v) is 2.36. The average molecular weight is 229 g/mol. The molecule has 4 nitrogen and oxygen atoms in total. The largest absolute Gasteiger partial charge is 0.390 e. The number of carbonyl (C=O) groups excluding carboxylic acids is 2. The number of hydrogen-bond donors (Lipinski definition) is 1. The molecule has 2 unspecified atom stereocenters. The molecular formula is C13H11NO3. The first kappa shape index (κ1) is 10.2. The highest BCUT2D eigenvalue weighted by Crippen LogP contribution is 2.28. The van der Waals surface area contributed by atoms with Crippen LogP contribution in [0.25, 0.3) is 0 Å². The van der Waals surface area contributed by atoms with Crippen LogP contribution in [0.2, 0.25) is 0 Å². The molecule has 86 valence electrons. The molecule has 2 aliphatic rings. The molecule has 1 N–H and O–H groups in total. The molecule has 0 saturated heterocycles. The molecule has 2 atom stereocenters. The van der Waals surface area contributed by atoms with Crippen LogP contribution in [0.3, 0.4) is 0 Å². The zero-order valence-electron chi connectivity index (χ0n) is 9.04. The third-order valence-electron chi connectivity index (χ3n) is 3.23. The molecule has 0 spiro atoms. The van der Waals surface area contributed by atoms with Gasteiger partial charge in [0.25, 0.3) is 11.8 Å². The van der Waals surface area contributed by atoms with Gasteiger partial charge in [0.1, 0.15) is 0 Å². The van der Waals surface area contributed by atoms with Crippen molar-refractivity contribution in [1.29, 1.82) is 0 Å². The minimum Gasteiger partial charge on any atom is -0.390 e. The van der Waals surface area contributed by atoms with Gasteiger partial charge in [-0.05, 0) is 18.6 Å². The molecule has 3 rings (SSSR count). The Kier molecular flexibility index (Phi) is 2.12. The summed E-state index contributed by atoms with van der Waals surface area (Å²) in [6.45, 7) is 0. The summed E-state index contributed by atoms with van der Waals surface area (Å²) in [5.74, 6) is -0.637. The lowest BCUT2D eigenvalue weighted by molar-refractivity contribution is 0.0463. The maximum absolute atomic E-state index is 12.1. The zero-order valence-corrected chi connectivity index (χ0v) is 9.04. The van der Waals surface area contributed by atoms with Crippen LogP contribution in [0.1, 0.15) is 27.1 Å². The van der Waals surface area contributed by atoms with Gasteiger partial charge in [-0.15, -0.1) is 0 Å². The average Bonchev–Trinajstić information content (AvgIpc) is 2.84. The second-order valence-electron chi connectivity index (χ2n) is 4.25. The minimum absolute atomic E-state index is 0.318. The van der Waals surface area contributed by atoms with Gasteiger partial charge in [-0.3, -0.25) is 14.5 Å². The third-order valence-corrected chi connectivity index (χ3v) is 3.23. The number of fused-ring (bicyclic) bond motifs is 1. The van der Waals surface area contributed by atoms with Crippen molar-refractivity contribution in [2.75, 3.05) is 0 Å². The highest BCUT2D eigenvalue weighted by molar-refractivity contribution is 6.21. The number of carbonyl (C=O) groups is 2. The summed E-state index contributed by atoms with van der Waals surface area (Å²) >= 11 is 0. The van der Waals surface area contributed by atoms with Crippen molar-refractivity contribution < 1.29 is 14.7 Å². The van der Waals surface area contributed by atoms with Crippen LogP contribution < -0.4 is 0 Å². The maximum atomic E-state index is 12.1. The number of benzene rings is 1. The predicted octanol–water partition coefficient (Wildman–Crippen LogP) is 0.972. The van der Waals surface area contributed by atoms with E-state index in [1.54, 1.807) is 36.4 Å². The fraction of sp³-hybridized carbons (Fsp3) is 0.231. The van der Waals surface area contributed by atoms with Gasteiger partial charge in [0.2, 0.25) is 0 Å². The van der Waals surface area contributed by atoms with Crippen molar-refractivity contribution in [2.24, 2.45) is 0 Å². The lowest BCUT2D eigenvalue weighted by Crippen LogP contribution is -2.43. The number of rotatable bonds is 1. The van der Waals surface area contributed by atoms with E-state index in [-0.39, 0.29) is 11.8 Å². The first-order chi connectivity index (χ1) is 8.20. The molecule has 0 aromatic heterocycles. The number of amides is 2. The molecule has 0 fully saturated rings. The summed E-state index contributed by atoms with van der Waals surface area (Å²) in [6, 6.07) is 6.21. The van der Waals surface area contributed by atoms with Crippen molar-refractivity contribution in [1.82, 2.24) is 4.90 Å². The van der Waals surface area contributed by atoms with E-state index in [1.807, 2.05) is 0 Å². The number of imide groups is 1. The predicted molar refractivity (Wildman–Crippen MR) is 60.5 cm³/mol. The molecular weight excluding hydrogens is 218 g/mol. The number of aliphatic hydroxyl groups is 1. The number of hydrogen-bond acceptors (Lipinski definition) is 3. The second-order valence-corrected chi connectivity index (χ2v) is 4.25. The Bertz CT molecular complexity index is 500. The quantitative estimate of drug-likeness (QED) is 0.576. The fourth-order valence-electron chi connectivity index (χ4n) is 2.36. The Balaban J connectivity index is 2.03. The standard InChI is InChI=1S/C13H11NO3/c15-11-7-3-6-10(11)14-12(16)8-4-1-2-5-9(8)13(14)17/h1-6,10-11,15H,7H2. The van der Waals surface area contributed by atoms with Crippen LogP contribution in [-0.4, -0.2) is 34.0 Å². The Morgan fingerprint density at radius 3 is 2.18 bits per heavy atom. The van der Waals surface area contributed by atoms with Gasteiger partial charge in [0.05, 0.1) is 23.3 Å². The van der Waals surface area contributed by atoms with Crippen LogP contribution in [0.15, 0.2) is 36.4 Å². The lowest BCUT2D eigenvalue weighted by Gasteiger charge is -2.23. The Hall–Kier alpha value is -1.94. The molecule has 17 heavy (non-hydrogen) atoms. The molecule has 0 saturated carbocycles. The Morgan fingerprint density at radius 1 is 1.12 bits per heavy atom. The van der Waals surface area contributed by atoms with Crippen LogP contribution in [0.5, 0.6) is 0 Å². The summed E-state index contributed by atoms with van der Waals surface area (Å²) in [5.41, 5.74) is 0.843. The van der Waals surface area contributed by atoms with Gasteiger partial charge in [0, 0.05) is 0 Å². The van der Waals surface area contributed by atoms with Gasteiger partial charge in [0.15, 0.2) is 0 Å². The summed E-state index contributed by atoms with van der Waals surface area (Å²) < 4.78 is 0. The lowest BCUT2D eigenvalue weighted by atomic mass is 10.1. The maximum Gasteiger partial charge on any atom is 0.262 e. The van der Waals surface area contributed by atoms with E-state index in [4.69, 9.17) is 0 Å². The van der Waals surface area contributed by atoms with E-state index in [0.29, 0.717) is 17.5 Å². The van der Waals surface area contributed by atoms with Crippen LogP contribution >= 0.6 is 0 Å². The van der Waals surface area contributed by atoms with Gasteiger partial charge >= 0.3 is 0 Å². The second kappa shape index (κ2) is 3.53.